The van der Waals surface area contributed by atoms with Gasteiger partial charge in [-0.2, -0.15) is 9.61 Å². The lowest BCUT2D eigenvalue weighted by molar-refractivity contribution is -0.117. The quantitative estimate of drug-likeness (QED) is 0.654. The Kier molecular flexibility index (Phi) is 5.45. The number of aromatic nitrogens is 3. The first-order valence-corrected chi connectivity index (χ1v) is 10.1. The molecule has 0 bridgehead atoms. The molecule has 0 saturated heterocycles. The van der Waals surface area contributed by atoms with E-state index in [0.29, 0.717) is 54.1 Å². The second kappa shape index (κ2) is 8.18. The van der Waals surface area contributed by atoms with E-state index in [-0.39, 0.29) is 18.0 Å². The van der Waals surface area contributed by atoms with Crippen molar-refractivity contribution in [2.75, 3.05) is 31.6 Å². The summed E-state index contributed by atoms with van der Waals surface area (Å²) >= 11 is 1.35. The lowest BCUT2D eigenvalue weighted by atomic mass is 10.2. The number of fused-ring (bicyclic) bond motifs is 2. The van der Waals surface area contributed by atoms with Crippen molar-refractivity contribution in [1.82, 2.24) is 19.5 Å². The number of rotatable bonds is 6. The highest BCUT2D eigenvalue weighted by molar-refractivity contribution is 7.16. The average molecular weight is 415 g/mol. The van der Waals surface area contributed by atoms with Crippen LogP contribution in [0.2, 0.25) is 0 Å². The number of nitrogens with one attached hydrogen (secondary N) is 1. The van der Waals surface area contributed by atoms with Gasteiger partial charge in [0.15, 0.2) is 11.5 Å². The Bertz CT molecular complexity index is 1110. The summed E-state index contributed by atoms with van der Waals surface area (Å²) in [5.74, 6) is 1.17. The van der Waals surface area contributed by atoms with Gasteiger partial charge in [-0.3, -0.25) is 14.5 Å². The number of ether oxygens (including phenoxy) is 2. The van der Waals surface area contributed by atoms with Crippen molar-refractivity contribution in [2.45, 2.75) is 20.4 Å². The lowest BCUT2D eigenvalue weighted by Crippen LogP contribution is -2.32. The summed E-state index contributed by atoms with van der Waals surface area (Å²) in [6.07, 6.45) is 0. The number of aryl methyl sites for hydroxylation is 1. The van der Waals surface area contributed by atoms with Gasteiger partial charge < -0.3 is 14.8 Å². The second-order valence-corrected chi connectivity index (χ2v) is 7.68. The molecule has 0 fully saturated rings. The molecule has 9 nitrogen and oxygen atoms in total. The molecule has 29 heavy (non-hydrogen) atoms. The molecule has 1 N–H and O–H groups in total. The third-order valence-corrected chi connectivity index (χ3v) is 5.31. The fourth-order valence-electron chi connectivity index (χ4n) is 3.02. The number of likely N-dealkylation sites (N-methyl/N-ethyl adjacent to an activating group) is 1. The molecular formula is C19H21N5O4S. The molecular weight excluding hydrogens is 394 g/mol. The second-order valence-electron chi connectivity index (χ2n) is 6.64. The van der Waals surface area contributed by atoms with Crippen LogP contribution in [0.4, 0.5) is 5.69 Å². The lowest BCUT2D eigenvalue weighted by Gasteiger charge is -2.20. The van der Waals surface area contributed by atoms with E-state index >= 15 is 0 Å². The number of anilines is 1. The number of hydrogen-bond donors (Lipinski definition) is 1. The van der Waals surface area contributed by atoms with E-state index in [1.807, 2.05) is 11.8 Å². The average Bonchev–Trinajstić information content (AvgIpc) is 3.10. The first-order chi connectivity index (χ1) is 14.0. The topological polar surface area (TPSA) is 98.1 Å². The van der Waals surface area contributed by atoms with Crippen LogP contribution >= 0.6 is 11.3 Å². The Balaban J connectivity index is 1.41. The largest absolute Gasteiger partial charge is 0.486 e. The van der Waals surface area contributed by atoms with E-state index in [1.165, 1.54) is 21.9 Å². The van der Waals surface area contributed by atoms with E-state index in [2.05, 4.69) is 15.4 Å². The van der Waals surface area contributed by atoms with Crippen LogP contribution in [0.25, 0.3) is 4.96 Å². The Labute approximate surface area is 170 Å². The van der Waals surface area contributed by atoms with Crippen LogP contribution in [0.15, 0.2) is 29.1 Å². The number of hydrogen-bond acceptors (Lipinski definition) is 8. The maximum Gasteiger partial charge on any atom is 0.275 e. The molecule has 1 amide bonds. The minimum atomic E-state index is -0.200. The normalized spacial score (nSPS) is 13.1. The molecule has 3 aromatic rings. The molecule has 1 aliphatic rings. The van der Waals surface area contributed by atoms with Crippen molar-refractivity contribution in [3.8, 4) is 11.5 Å². The number of amides is 1. The fraction of sp³-hybridized carbons (Fsp3) is 0.368. The van der Waals surface area contributed by atoms with Crippen LogP contribution in [0.3, 0.4) is 0 Å². The van der Waals surface area contributed by atoms with Gasteiger partial charge in [-0.05, 0) is 25.6 Å². The predicted octanol–water partition coefficient (Wildman–Crippen LogP) is 1.69. The monoisotopic (exact) mass is 415 g/mol. The van der Waals surface area contributed by atoms with Gasteiger partial charge in [0.05, 0.1) is 13.1 Å². The van der Waals surface area contributed by atoms with E-state index in [1.54, 1.807) is 25.1 Å². The maximum atomic E-state index is 12.5. The molecule has 1 aliphatic heterocycles. The Morgan fingerprint density at radius 2 is 2.07 bits per heavy atom. The summed E-state index contributed by atoms with van der Waals surface area (Å²) in [4.78, 5) is 31.4. The molecule has 10 heteroatoms. The van der Waals surface area contributed by atoms with E-state index in [9.17, 15) is 9.59 Å². The van der Waals surface area contributed by atoms with Gasteiger partial charge in [0, 0.05) is 23.5 Å². The van der Waals surface area contributed by atoms with Crippen molar-refractivity contribution in [2.24, 2.45) is 0 Å². The van der Waals surface area contributed by atoms with Gasteiger partial charge in [0.2, 0.25) is 10.9 Å². The summed E-state index contributed by atoms with van der Waals surface area (Å²) < 4.78 is 12.3. The highest BCUT2D eigenvalue weighted by Gasteiger charge is 2.16. The smallest absolute Gasteiger partial charge is 0.275 e. The van der Waals surface area contributed by atoms with Crippen LogP contribution in [0.5, 0.6) is 11.5 Å². The molecule has 2 aromatic heterocycles. The molecule has 0 spiro atoms. The minimum absolute atomic E-state index is 0.143. The zero-order valence-corrected chi connectivity index (χ0v) is 17.0. The van der Waals surface area contributed by atoms with Crippen LogP contribution < -0.4 is 20.3 Å². The first kappa shape index (κ1) is 19.3. The van der Waals surface area contributed by atoms with Gasteiger partial charge in [-0.1, -0.05) is 18.3 Å². The zero-order valence-electron chi connectivity index (χ0n) is 16.2. The van der Waals surface area contributed by atoms with Crippen LogP contribution in [-0.2, 0) is 11.3 Å². The Morgan fingerprint density at radius 3 is 2.86 bits per heavy atom. The number of carbonyl (C=O) groups excluding carboxylic acids is 1. The minimum Gasteiger partial charge on any atom is -0.486 e. The van der Waals surface area contributed by atoms with Crippen LogP contribution in [0, 0.1) is 6.92 Å². The number of carbonyl (C=O) groups is 1. The molecule has 1 aromatic carbocycles. The summed E-state index contributed by atoms with van der Waals surface area (Å²) in [7, 11) is 0. The molecule has 0 saturated carbocycles. The van der Waals surface area contributed by atoms with Crippen LogP contribution in [0.1, 0.15) is 17.6 Å². The summed E-state index contributed by atoms with van der Waals surface area (Å²) in [6.45, 7) is 6.08. The van der Waals surface area contributed by atoms with Gasteiger partial charge in [-0.15, -0.1) is 0 Å². The van der Waals surface area contributed by atoms with Gasteiger partial charge in [-0.25, -0.2) is 4.98 Å². The highest BCUT2D eigenvalue weighted by Crippen LogP contribution is 2.32. The first-order valence-electron chi connectivity index (χ1n) is 9.30. The number of nitrogens with zero attached hydrogens (tertiary/aromatic N) is 4. The fourth-order valence-corrected chi connectivity index (χ4v) is 4.01. The van der Waals surface area contributed by atoms with E-state index in [0.717, 1.165) is 5.01 Å². The molecule has 3 heterocycles. The Morgan fingerprint density at radius 1 is 1.28 bits per heavy atom. The van der Waals surface area contributed by atoms with Gasteiger partial charge in [0.1, 0.15) is 18.2 Å². The maximum absolute atomic E-state index is 12.5. The molecule has 152 valence electrons. The third kappa shape index (κ3) is 4.38. The summed E-state index contributed by atoms with van der Waals surface area (Å²) in [6, 6.07) is 6.79. The molecule has 0 radical (unpaired) electrons. The van der Waals surface area contributed by atoms with Gasteiger partial charge >= 0.3 is 0 Å². The van der Waals surface area contributed by atoms with Crippen molar-refractivity contribution >= 4 is 27.9 Å². The standard InChI is InChI=1S/C19H21N5O4S/c1-3-23(11-17-22-24-18(26)8-12(2)20-19(24)29-17)10-16(25)21-13-4-5-14-15(9-13)28-7-6-27-14/h4-5,8-9H,3,6-7,10-11H2,1-2H3,(H,21,25). The molecule has 0 unspecified atom stereocenters. The van der Waals surface area contributed by atoms with Crippen molar-refractivity contribution in [3.05, 3.63) is 45.3 Å². The summed E-state index contributed by atoms with van der Waals surface area (Å²) in [5.41, 5.74) is 1.12. The van der Waals surface area contributed by atoms with Crippen molar-refractivity contribution in [1.29, 1.82) is 0 Å². The number of benzene rings is 1. The van der Waals surface area contributed by atoms with Gasteiger partial charge in [0.25, 0.3) is 5.56 Å². The zero-order chi connectivity index (χ0) is 20.4. The molecule has 0 atom stereocenters. The van der Waals surface area contributed by atoms with Crippen molar-refractivity contribution in [3.63, 3.8) is 0 Å². The SMILES string of the molecule is CCN(CC(=O)Nc1ccc2c(c1)OCCO2)Cc1nn2c(=O)cc(C)nc2s1. The van der Waals surface area contributed by atoms with E-state index in [4.69, 9.17) is 9.47 Å². The third-order valence-electron chi connectivity index (χ3n) is 4.41. The predicted molar refractivity (Wildman–Crippen MR) is 109 cm³/mol. The summed E-state index contributed by atoms with van der Waals surface area (Å²) in [5, 5.41) is 7.95. The molecule has 4 rings (SSSR count). The van der Waals surface area contributed by atoms with Crippen molar-refractivity contribution < 1.29 is 14.3 Å². The van der Waals surface area contributed by atoms with Crippen LogP contribution in [-0.4, -0.2) is 51.7 Å². The highest BCUT2D eigenvalue weighted by atomic mass is 32.1. The Hall–Kier alpha value is -2.98. The van der Waals surface area contributed by atoms with E-state index < -0.39 is 0 Å². The molecule has 0 aliphatic carbocycles.